The molecule has 1 heterocycles. The lowest BCUT2D eigenvalue weighted by atomic mass is 9.91. The molecule has 3 heteroatoms. The molecule has 0 amide bonds. The minimum atomic E-state index is 0.435. The predicted octanol–water partition coefficient (Wildman–Crippen LogP) is 2.17. The number of aliphatic imine (C=N–C) groups is 1. The number of benzene rings is 1. The van der Waals surface area contributed by atoms with Crippen LogP contribution >= 0.6 is 0 Å². The summed E-state index contributed by atoms with van der Waals surface area (Å²) >= 11 is 0. The van der Waals surface area contributed by atoms with Gasteiger partial charge in [-0.15, -0.1) is 0 Å². The maximum Gasteiger partial charge on any atom is 0.121 e. The van der Waals surface area contributed by atoms with Crippen molar-refractivity contribution in [3.8, 4) is 5.75 Å². The molecule has 92 valence electrons. The molecule has 0 aliphatic carbocycles. The molecule has 1 aromatic carbocycles. The van der Waals surface area contributed by atoms with Crippen LogP contribution in [0.1, 0.15) is 27.8 Å². The molecule has 0 fully saturated rings. The fourth-order valence-corrected chi connectivity index (χ4v) is 2.37. The lowest BCUT2D eigenvalue weighted by Crippen LogP contribution is -2.21. The molecule has 17 heavy (non-hydrogen) atoms. The Balaban J connectivity index is 2.46. The Morgan fingerprint density at radius 1 is 1.06 bits per heavy atom. The Kier molecular flexibility index (Phi) is 3.09. The van der Waals surface area contributed by atoms with E-state index in [9.17, 15) is 5.11 Å². The number of aromatic hydroxyl groups is 1. The van der Waals surface area contributed by atoms with Crippen LogP contribution in [0.2, 0.25) is 0 Å². The van der Waals surface area contributed by atoms with Crippen LogP contribution in [0.3, 0.4) is 0 Å². The average Bonchev–Trinajstić information content (AvgIpc) is 2.82. The van der Waals surface area contributed by atoms with E-state index >= 15 is 0 Å². The first kappa shape index (κ1) is 12.0. The molecule has 0 bridgehead atoms. The van der Waals surface area contributed by atoms with Gasteiger partial charge in [-0.3, -0.25) is 4.99 Å². The summed E-state index contributed by atoms with van der Waals surface area (Å²) in [5.74, 6) is 1.51. The van der Waals surface area contributed by atoms with Crippen molar-refractivity contribution in [1.82, 2.24) is 5.32 Å². The number of amidine groups is 1. The third kappa shape index (κ3) is 2.02. The van der Waals surface area contributed by atoms with Crippen molar-refractivity contribution in [2.45, 2.75) is 34.1 Å². The first-order chi connectivity index (χ1) is 8.02. The number of rotatable bonds is 2. The molecule has 2 N–H and O–H groups in total. The van der Waals surface area contributed by atoms with Gasteiger partial charge in [-0.2, -0.15) is 0 Å². The number of nitrogens with zero attached hydrogens (tertiary/aromatic N) is 1. The van der Waals surface area contributed by atoms with Gasteiger partial charge in [0, 0.05) is 13.0 Å². The second kappa shape index (κ2) is 4.40. The highest BCUT2D eigenvalue weighted by molar-refractivity contribution is 5.86. The Labute approximate surface area is 103 Å². The highest BCUT2D eigenvalue weighted by atomic mass is 16.3. The molecule has 0 unspecified atom stereocenters. The maximum absolute atomic E-state index is 10.0. The third-order valence-corrected chi connectivity index (χ3v) is 3.83. The lowest BCUT2D eigenvalue weighted by molar-refractivity contribution is 0.465. The van der Waals surface area contributed by atoms with E-state index in [4.69, 9.17) is 0 Å². The van der Waals surface area contributed by atoms with Crippen LogP contribution in [0.15, 0.2) is 4.99 Å². The van der Waals surface area contributed by atoms with Gasteiger partial charge in [-0.05, 0) is 55.5 Å². The van der Waals surface area contributed by atoms with Crippen molar-refractivity contribution in [2.75, 3.05) is 13.1 Å². The van der Waals surface area contributed by atoms with E-state index in [0.717, 1.165) is 36.5 Å². The van der Waals surface area contributed by atoms with Crippen molar-refractivity contribution >= 4 is 5.84 Å². The van der Waals surface area contributed by atoms with Gasteiger partial charge in [0.15, 0.2) is 0 Å². The summed E-state index contributed by atoms with van der Waals surface area (Å²) in [4.78, 5) is 4.44. The first-order valence-corrected chi connectivity index (χ1v) is 6.07. The number of hydrogen-bond acceptors (Lipinski definition) is 3. The van der Waals surface area contributed by atoms with Gasteiger partial charge in [0.25, 0.3) is 0 Å². The van der Waals surface area contributed by atoms with Gasteiger partial charge < -0.3 is 10.4 Å². The molecule has 0 saturated heterocycles. The SMILES string of the molecule is Cc1c(C)c(CC2=NCCN2)c(C)c(C)c1O. The van der Waals surface area contributed by atoms with E-state index in [-0.39, 0.29) is 0 Å². The molecular formula is C14H20N2O. The second-order valence-electron chi connectivity index (χ2n) is 4.76. The Morgan fingerprint density at radius 2 is 1.65 bits per heavy atom. The van der Waals surface area contributed by atoms with E-state index in [1.54, 1.807) is 0 Å². The molecule has 1 aliphatic heterocycles. The maximum atomic E-state index is 10.0. The van der Waals surface area contributed by atoms with Crippen molar-refractivity contribution in [3.05, 3.63) is 27.8 Å². The van der Waals surface area contributed by atoms with Gasteiger partial charge in [0.05, 0.1) is 6.54 Å². The minimum absolute atomic E-state index is 0.435. The molecule has 0 radical (unpaired) electrons. The zero-order valence-electron chi connectivity index (χ0n) is 11.0. The Morgan fingerprint density at radius 3 is 2.12 bits per heavy atom. The molecular weight excluding hydrogens is 212 g/mol. The summed E-state index contributed by atoms with van der Waals surface area (Å²) in [5, 5.41) is 13.3. The first-order valence-electron chi connectivity index (χ1n) is 6.07. The van der Waals surface area contributed by atoms with Crippen molar-refractivity contribution in [1.29, 1.82) is 0 Å². The monoisotopic (exact) mass is 232 g/mol. The van der Waals surface area contributed by atoms with Crippen molar-refractivity contribution in [3.63, 3.8) is 0 Å². The van der Waals surface area contributed by atoms with Crippen LogP contribution in [0.5, 0.6) is 5.75 Å². The number of hydrogen-bond donors (Lipinski definition) is 2. The van der Waals surface area contributed by atoms with Crippen LogP contribution in [-0.4, -0.2) is 24.0 Å². The van der Waals surface area contributed by atoms with Crippen LogP contribution in [0.4, 0.5) is 0 Å². The van der Waals surface area contributed by atoms with E-state index in [1.807, 2.05) is 13.8 Å². The van der Waals surface area contributed by atoms with E-state index in [1.165, 1.54) is 16.7 Å². The quantitative estimate of drug-likeness (QED) is 0.820. The molecule has 0 spiro atoms. The summed E-state index contributed by atoms with van der Waals surface area (Å²) in [6, 6.07) is 0. The van der Waals surface area contributed by atoms with Crippen molar-refractivity contribution in [2.24, 2.45) is 4.99 Å². The molecule has 2 rings (SSSR count). The van der Waals surface area contributed by atoms with Gasteiger partial charge in [0.1, 0.15) is 11.6 Å². The smallest absolute Gasteiger partial charge is 0.121 e. The largest absolute Gasteiger partial charge is 0.507 e. The zero-order valence-corrected chi connectivity index (χ0v) is 11.0. The fourth-order valence-electron chi connectivity index (χ4n) is 2.37. The van der Waals surface area contributed by atoms with Gasteiger partial charge >= 0.3 is 0 Å². The summed E-state index contributed by atoms with van der Waals surface area (Å²) in [5.41, 5.74) is 5.64. The molecule has 0 atom stereocenters. The van der Waals surface area contributed by atoms with E-state index in [2.05, 4.69) is 24.2 Å². The standard InChI is InChI=1S/C14H20N2O/c1-8-10(3)14(17)11(4)9(2)12(8)7-13-15-5-6-16-13/h17H,5-7H2,1-4H3,(H,15,16). The van der Waals surface area contributed by atoms with Gasteiger partial charge in [-0.25, -0.2) is 0 Å². The average molecular weight is 232 g/mol. The zero-order chi connectivity index (χ0) is 12.6. The predicted molar refractivity (Wildman–Crippen MR) is 71.1 cm³/mol. The van der Waals surface area contributed by atoms with Crippen LogP contribution in [0, 0.1) is 27.7 Å². The molecule has 1 aliphatic rings. The van der Waals surface area contributed by atoms with Crippen LogP contribution in [-0.2, 0) is 6.42 Å². The van der Waals surface area contributed by atoms with Crippen molar-refractivity contribution < 1.29 is 5.11 Å². The van der Waals surface area contributed by atoms with Crippen LogP contribution < -0.4 is 5.32 Å². The van der Waals surface area contributed by atoms with Crippen LogP contribution in [0.25, 0.3) is 0 Å². The summed E-state index contributed by atoms with van der Waals surface area (Å²) < 4.78 is 0. The second-order valence-corrected chi connectivity index (χ2v) is 4.76. The van der Waals surface area contributed by atoms with E-state index in [0.29, 0.717) is 5.75 Å². The highest BCUT2D eigenvalue weighted by Crippen LogP contribution is 2.31. The molecule has 1 aromatic rings. The molecule has 0 saturated carbocycles. The molecule has 3 nitrogen and oxygen atoms in total. The summed E-state index contributed by atoms with van der Waals surface area (Å²) in [6.45, 7) is 9.93. The van der Waals surface area contributed by atoms with E-state index < -0.39 is 0 Å². The number of nitrogens with one attached hydrogen (secondary N) is 1. The Bertz CT molecular complexity index is 460. The normalized spacial score (nSPS) is 14.7. The molecule has 0 aromatic heterocycles. The number of phenolic OH excluding ortho intramolecular Hbond substituents is 1. The fraction of sp³-hybridized carbons (Fsp3) is 0.500. The third-order valence-electron chi connectivity index (χ3n) is 3.83. The van der Waals surface area contributed by atoms with Gasteiger partial charge in [0.2, 0.25) is 0 Å². The minimum Gasteiger partial charge on any atom is -0.507 e. The Hall–Kier alpha value is -1.51. The van der Waals surface area contributed by atoms with Gasteiger partial charge in [-0.1, -0.05) is 0 Å². The summed E-state index contributed by atoms with van der Waals surface area (Å²) in [7, 11) is 0. The topological polar surface area (TPSA) is 44.6 Å². The summed E-state index contributed by atoms with van der Waals surface area (Å²) in [6.07, 6.45) is 0.847. The number of phenols is 1. The highest BCUT2D eigenvalue weighted by Gasteiger charge is 2.16. The lowest BCUT2D eigenvalue weighted by Gasteiger charge is -2.17.